The summed E-state index contributed by atoms with van der Waals surface area (Å²) in [7, 11) is 0. The average Bonchev–Trinajstić information content (AvgIpc) is 2.64. The van der Waals surface area contributed by atoms with Crippen LogP contribution in [-0.4, -0.2) is 15.0 Å². The molecule has 1 atom stereocenters. The minimum Gasteiger partial charge on any atom is -0.362 e. The molecule has 0 saturated heterocycles. The van der Waals surface area contributed by atoms with Gasteiger partial charge in [-0.3, -0.25) is 4.79 Å². The summed E-state index contributed by atoms with van der Waals surface area (Å²) < 4.78 is 0.413. The van der Waals surface area contributed by atoms with Gasteiger partial charge in [0.1, 0.15) is 10.3 Å². The van der Waals surface area contributed by atoms with E-state index in [-0.39, 0.29) is 11.6 Å². The highest BCUT2D eigenvalue weighted by atomic mass is 79.9. The van der Waals surface area contributed by atoms with Crippen molar-refractivity contribution in [2.24, 2.45) is 0 Å². The Bertz CT molecular complexity index is 622. The number of halogens is 1. The van der Waals surface area contributed by atoms with Gasteiger partial charge in [-0.2, -0.15) is 0 Å². The van der Waals surface area contributed by atoms with Crippen molar-refractivity contribution in [1.29, 1.82) is 0 Å². The van der Waals surface area contributed by atoms with Crippen molar-refractivity contribution in [2.45, 2.75) is 26.8 Å². The summed E-state index contributed by atoms with van der Waals surface area (Å²) >= 11 is 4.87. The maximum absolute atomic E-state index is 11.4. The molecule has 0 fully saturated rings. The lowest BCUT2D eigenvalue weighted by atomic mass is 10.2. The highest BCUT2D eigenvalue weighted by Crippen LogP contribution is 2.28. The van der Waals surface area contributed by atoms with Gasteiger partial charge in [0.25, 0.3) is 5.56 Å². The number of anilines is 1. The third-order valence-electron chi connectivity index (χ3n) is 2.48. The fourth-order valence-corrected chi connectivity index (χ4v) is 2.96. The van der Waals surface area contributed by atoms with Crippen LogP contribution in [0.2, 0.25) is 0 Å². The Labute approximate surface area is 117 Å². The van der Waals surface area contributed by atoms with Crippen LogP contribution < -0.4 is 10.9 Å². The van der Waals surface area contributed by atoms with E-state index in [0.29, 0.717) is 10.3 Å². The molecule has 0 spiro atoms. The van der Waals surface area contributed by atoms with Crippen LogP contribution in [-0.2, 0) is 0 Å². The van der Waals surface area contributed by atoms with E-state index < -0.39 is 0 Å². The predicted octanol–water partition coefficient (Wildman–Crippen LogP) is 2.78. The maximum atomic E-state index is 11.4. The minimum absolute atomic E-state index is 0.0572. The van der Waals surface area contributed by atoms with E-state index in [1.54, 1.807) is 11.3 Å². The van der Waals surface area contributed by atoms with Gasteiger partial charge >= 0.3 is 0 Å². The van der Waals surface area contributed by atoms with Gasteiger partial charge in [0.2, 0.25) is 0 Å². The van der Waals surface area contributed by atoms with Crippen LogP contribution in [0.5, 0.6) is 0 Å². The van der Waals surface area contributed by atoms with Gasteiger partial charge in [-0.05, 0) is 36.7 Å². The molecule has 0 aliphatic carbocycles. The summed E-state index contributed by atoms with van der Waals surface area (Å²) in [5.74, 6) is 0.539. The van der Waals surface area contributed by atoms with Gasteiger partial charge in [-0.15, -0.1) is 11.3 Å². The number of hydrogen-bond acceptors (Lipinski definition) is 5. The Morgan fingerprint density at radius 2 is 2.22 bits per heavy atom. The molecule has 7 heteroatoms. The van der Waals surface area contributed by atoms with Crippen molar-refractivity contribution >= 4 is 33.1 Å². The van der Waals surface area contributed by atoms with Gasteiger partial charge in [-0.25, -0.2) is 9.97 Å². The van der Waals surface area contributed by atoms with E-state index in [2.05, 4.69) is 36.2 Å². The van der Waals surface area contributed by atoms with E-state index in [1.165, 1.54) is 6.33 Å². The number of H-pyrrole nitrogens is 1. The molecule has 5 nitrogen and oxygen atoms in total. The second-order valence-corrected chi connectivity index (χ2v) is 5.97. The Kier molecular flexibility index (Phi) is 3.82. The molecular formula is C11H13BrN4OS. The number of nitrogens with one attached hydrogen (secondary N) is 2. The van der Waals surface area contributed by atoms with Crippen molar-refractivity contribution in [3.05, 3.63) is 36.7 Å². The van der Waals surface area contributed by atoms with E-state index in [4.69, 9.17) is 0 Å². The number of aromatic nitrogens is 3. The summed E-state index contributed by atoms with van der Waals surface area (Å²) in [5, 5.41) is 4.25. The Morgan fingerprint density at radius 1 is 1.50 bits per heavy atom. The molecule has 1 unspecified atom stereocenters. The molecule has 2 aromatic heterocycles. The van der Waals surface area contributed by atoms with E-state index in [1.807, 2.05) is 20.8 Å². The molecule has 2 rings (SSSR count). The van der Waals surface area contributed by atoms with Crippen LogP contribution >= 0.6 is 27.3 Å². The first-order valence-corrected chi connectivity index (χ1v) is 7.03. The van der Waals surface area contributed by atoms with Crippen molar-refractivity contribution in [1.82, 2.24) is 15.0 Å². The molecule has 2 heterocycles. The lowest BCUT2D eigenvalue weighted by molar-refractivity contribution is 0.872. The standard InChI is InChI=1S/C11H13BrN4OS/c1-5-9(18-7(3)15-5)6(2)16-10-8(12)11(17)14-4-13-10/h4,6H,1-3H3,(H2,13,14,16,17). The minimum atomic E-state index is -0.197. The molecule has 18 heavy (non-hydrogen) atoms. The summed E-state index contributed by atoms with van der Waals surface area (Å²) in [6.45, 7) is 5.99. The number of aryl methyl sites for hydroxylation is 2. The first-order chi connectivity index (χ1) is 8.49. The molecule has 96 valence electrons. The zero-order valence-electron chi connectivity index (χ0n) is 10.2. The van der Waals surface area contributed by atoms with Gasteiger partial charge in [0.05, 0.1) is 23.1 Å². The second kappa shape index (κ2) is 5.19. The van der Waals surface area contributed by atoms with Gasteiger partial charge < -0.3 is 10.3 Å². The summed E-state index contributed by atoms with van der Waals surface area (Å²) in [4.78, 5) is 23.6. The molecule has 0 aliphatic heterocycles. The molecule has 0 radical (unpaired) electrons. The fourth-order valence-electron chi connectivity index (χ4n) is 1.70. The Balaban J connectivity index is 2.26. The van der Waals surface area contributed by atoms with Crippen LogP contribution in [0.3, 0.4) is 0 Å². The quantitative estimate of drug-likeness (QED) is 0.908. The van der Waals surface area contributed by atoms with E-state index in [0.717, 1.165) is 15.6 Å². The lowest BCUT2D eigenvalue weighted by Crippen LogP contribution is -2.14. The summed E-state index contributed by atoms with van der Waals surface area (Å²) in [6, 6.07) is 0.0572. The van der Waals surface area contributed by atoms with Gasteiger partial charge in [-0.1, -0.05) is 0 Å². The highest BCUT2D eigenvalue weighted by Gasteiger charge is 2.15. The number of rotatable bonds is 3. The van der Waals surface area contributed by atoms with Crippen LogP contribution in [0, 0.1) is 13.8 Å². The first-order valence-electron chi connectivity index (χ1n) is 5.42. The van der Waals surface area contributed by atoms with E-state index in [9.17, 15) is 4.79 Å². The molecule has 0 saturated carbocycles. The monoisotopic (exact) mass is 328 g/mol. The number of nitrogens with zero attached hydrogens (tertiary/aromatic N) is 2. The third-order valence-corrected chi connectivity index (χ3v) is 4.47. The smallest absolute Gasteiger partial charge is 0.267 e. The van der Waals surface area contributed by atoms with Crippen LogP contribution in [0.25, 0.3) is 0 Å². The van der Waals surface area contributed by atoms with Crippen molar-refractivity contribution < 1.29 is 0 Å². The maximum Gasteiger partial charge on any atom is 0.267 e. The SMILES string of the molecule is Cc1nc(C)c(C(C)Nc2nc[nH]c(=O)c2Br)s1. The molecule has 0 aromatic carbocycles. The highest BCUT2D eigenvalue weighted by molar-refractivity contribution is 9.10. The van der Waals surface area contributed by atoms with E-state index >= 15 is 0 Å². The van der Waals surface area contributed by atoms with Crippen molar-refractivity contribution in [3.63, 3.8) is 0 Å². The summed E-state index contributed by atoms with van der Waals surface area (Å²) in [6.07, 6.45) is 1.38. The fraction of sp³-hybridized carbons (Fsp3) is 0.364. The molecule has 0 aliphatic rings. The van der Waals surface area contributed by atoms with Gasteiger partial charge in [0, 0.05) is 4.88 Å². The van der Waals surface area contributed by atoms with Crippen molar-refractivity contribution in [2.75, 3.05) is 5.32 Å². The van der Waals surface area contributed by atoms with Crippen LogP contribution in [0.15, 0.2) is 15.6 Å². The Hall–Kier alpha value is -1.21. The predicted molar refractivity (Wildman–Crippen MR) is 76.2 cm³/mol. The summed E-state index contributed by atoms with van der Waals surface area (Å²) in [5.41, 5.74) is 0.815. The Morgan fingerprint density at radius 3 is 2.83 bits per heavy atom. The lowest BCUT2D eigenvalue weighted by Gasteiger charge is -2.14. The average molecular weight is 329 g/mol. The van der Waals surface area contributed by atoms with Crippen LogP contribution in [0.4, 0.5) is 5.82 Å². The molecule has 2 aromatic rings. The number of aromatic amines is 1. The normalized spacial score (nSPS) is 12.4. The molecular weight excluding hydrogens is 316 g/mol. The molecule has 0 amide bonds. The zero-order chi connectivity index (χ0) is 13.3. The largest absolute Gasteiger partial charge is 0.362 e. The second-order valence-electron chi connectivity index (χ2n) is 3.94. The topological polar surface area (TPSA) is 70.7 Å². The van der Waals surface area contributed by atoms with Gasteiger partial charge in [0.15, 0.2) is 0 Å². The zero-order valence-corrected chi connectivity index (χ0v) is 12.6. The molecule has 0 bridgehead atoms. The van der Waals surface area contributed by atoms with Crippen LogP contribution in [0.1, 0.15) is 28.5 Å². The molecule has 2 N–H and O–H groups in total. The number of hydrogen-bond donors (Lipinski definition) is 2. The number of thiazole rings is 1. The first kappa shape index (κ1) is 13.2. The van der Waals surface area contributed by atoms with Crippen molar-refractivity contribution in [3.8, 4) is 0 Å². The third kappa shape index (κ3) is 2.62.